The number of benzene rings is 1. The third kappa shape index (κ3) is 3.56. The van der Waals surface area contributed by atoms with Gasteiger partial charge < -0.3 is 5.32 Å². The Hall–Kier alpha value is -1.22. The predicted octanol–water partition coefficient (Wildman–Crippen LogP) is 2.87. The molecule has 0 bridgehead atoms. The Morgan fingerprint density at radius 2 is 2.04 bits per heavy atom. The second kappa shape index (κ2) is 6.59. The minimum Gasteiger partial charge on any atom is -0.302 e. The number of anilines is 1. The minimum absolute atomic E-state index is 0.115. The van der Waals surface area contributed by atoms with Gasteiger partial charge in [0.2, 0.25) is 15.9 Å². The van der Waals surface area contributed by atoms with E-state index >= 15 is 0 Å². The first kappa shape index (κ1) is 17.6. The lowest BCUT2D eigenvalue weighted by Crippen LogP contribution is -2.40. The van der Waals surface area contributed by atoms with Gasteiger partial charge in [0, 0.05) is 19.0 Å². The first-order chi connectivity index (χ1) is 11.3. The maximum Gasteiger partial charge on any atom is 0.229 e. The highest BCUT2D eigenvalue weighted by Gasteiger charge is 2.29. The van der Waals surface area contributed by atoms with Gasteiger partial charge in [0.05, 0.1) is 21.5 Å². The molecule has 1 amide bonds. The van der Waals surface area contributed by atoms with Crippen LogP contribution in [0.4, 0.5) is 5.13 Å². The number of carbonyl (C=O) groups is 1. The highest BCUT2D eigenvalue weighted by Crippen LogP contribution is 2.34. The lowest BCUT2D eigenvalue weighted by atomic mass is 9.97. The number of thiazole rings is 1. The second-order valence-corrected chi connectivity index (χ2v) is 9.38. The van der Waals surface area contributed by atoms with Crippen LogP contribution in [-0.2, 0) is 14.8 Å². The van der Waals surface area contributed by atoms with Gasteiger partial charge in [-0.05, 0) is 31.4 Å². The summed E-state index contributed by atoms with van der Waals surface area (Å²) in [5, 5.41) is 4.00. The quantitative estimate of drug-likeness (QED) is 0.878. The predicted molar refractivity (Wildman–Crippen MR) is 97.1 cm³/mol. The molecule has 0 saturated carbocycles. The van der Waals surface area contributed by atoms with Crippen molar-refractivity contribution in [3.8, 4) is 0 Å². The van der Waals surface area contributed by atoms with Gasteiger partial charge in [0.15, 0.2) is 5.13 Å². The first-order valence-electron chi connectivity index (χ1n) is 7.57. The highest BCUT2D eigenvalue weighted by molar-refractivity contribution is 7.88. The fraction of sp³-hybridized carbons (Fsp3) is 0.467. The molecule has 0 atom stereocenters. The SMILES string of the molecule is Cc1ccc(Cl)c2sc(NC(=O)C3CCN(S(C)(=O)=O)CC3)nc12. The minimum atomic E-state index is -3.18. The smallest absolute Gasteiger partial charge is 0.229 e. The molecule has 0 radical (unpaired) electrons. The number of rotatable bonds is 3. The topological polar surface area (TPSA) is 79.4 Å². The third-order valence-corrected chi connectivity index (χ3v) is 6.96. The number of halogens is 1. The number of sulfonamides is 1. The van der Waals surface area contributed by atoms with E-state index in [2.05, 4.69) is 10.3 Å². The molecular weight excluding hydrogens is 370 g/mol. The van der Waals surface area contributed by atoms with Crippen molar-refractivity contribution in [2.75, 3.05) is 24.7 Å². The molecule has 1 N–H and O–H groups in total. The number of nitrogens with zero attached hydrogens (tertiary/aromatic N) is 2. The van der Waals surface area contributed by atoms with Crippen molar-refractivity contribution in [3.63, 3.8) is 0 Å². The number of nitrogens with one attached hydrogen (secondary N) is 1. The molecule has 1 saturated heterocycles. The van der Waals surface area contributed by atoms with Crippen LogP contribution in [0, 0.1) is 12.8 Å². The Morgan fingerprint density at radius 1 is 1.38 bits per heavy atom. The van der Waals surface area contributed by atoms with E-state index < -0.39 is 10.0 Å². The van der Waals surface area contributed by atoms with Crippen LogP contribution in [0.15, 0.2) is 12.1 Å². The fourth-order valence-electron chi connectivity index (χ4n) is 2.81. The van der Waals surface area contributed by atoms with Gasteiger partial charge in [-0.3, -0.25) is 4.79 Å². The molecule has 0 spiro atoms. The lowest BCUT2D eigenvalue weighted by molar-refractivity contribution is -0.120. The van der Waals surface area contributed by atoms with Crippen LogP contribution in [0.3, 0.4) is 0 Å². The van der Waals surface area contributed by atoms with Crippen molar-refractivity contribution in [3.05, 3.63) is 22.7 Å². The van der Waals surface area contributed by atoms with E-state index in [0.717, 1.165) is 15.8 Å². The van der Waals surface area contributed by atoms with Crippen molar-refractivity contribution in [1.29, 1.82) is 0 Å². The van der Waals surface area contributed by atoms with Crippen molar-refractivity contribution in [1.82, 2.24) is 9.29 Å². The molecular formula is C15H18ClN3O3S2. The summed E-state index contributed by atoms with van der Waals surface area (Å²) in [5.74, 6) is -0.317. The molecule has 24 heavy (non-hydrogen) atoms. The monoisotopic (exact) mass is 387 g/mol. The molecule has 6 nitrogen and oxygen atoms in total. The zero-order chi connectivity index (χ0) is 17.5. The molecule has 1 aromatic carbocycles. The molecule has 1 fully saturated rings. The van der Waals surface area contributed by atoms with Crippen LogP contribution in [0.5, 0.6) is 0 Å². The molecule has 1 aromatic heterocycles. The average molecular weight is 388 g/mol. The molecule has 130 valence electrons. The number of aryl methyl sites for hydroxylation is 1. The molecule has 1 aliphatic rings. The van der Waals surface area contributed by atoms with Crippen molar-refractivity contribution < 1.29 is 13.2 Å². The second-order valence-electron chi connectivity index (χ2n) is 5.99. The Bertz CT molecular complexity index is 848. The highest BCUT2D eigenvalue weighted by atomic mass is 35.5. The van der Waals surface area contributed by atoms with Gasteiger partial charge in [-0.25, -0.2) is 17.7 Å². The average Bonchev–Trinajstić information content (AvgIpc) is 2.95. The third-order valence-electron chi connectivity index (χ3n) is 4.22. The van der Waals surface area contributed by atoms with Gasteiger partial charge in [0.1, 0.15) is 0 Å². The largest absolute Gasteiger partial charge is 0.302 e. The standard InChI is InChI=1S/C15H18ClN3O3S2/c1-9-3-4-11(16)13-12(9)17-15(23-13)18-14(20)10-5-7-19(8-6-10)24(2,21)22/h3-4,10H,5-8H2,1-2H3,(H,17,18,20). The molecule has 2 aromatic rings. The van der Waals surface area contributed by atoms with Gasteiger partial charge in [-0.15, -0.1) is 0 Å². The summed E-state index contributed by atoms with van der Waals surface area (Å²) in [6.45, 7) is 2.70. The summed E-state index contributed by atoms with van der Waals surface area (Å²) < 4.78 is 25.3. The number of piperidine rings is 1. The van der Waals surface area contributed by atoms with Crippen molar-refractivity contribution in [2.45, 2.75) is 19.8 Å². The summed E-state index contributed by atoms with van der Waals surface area (Å²) in [5.41, 5.74) is 1.81. The number of fused-ring (bicyclic) bond motifs is 1. The van der Waals surface area contributed by atoms with Gasteiger partial charge in [0.25, 0.3) is 0 Å². The number of amides is 1. The van der Waals surface area contributed by atoms with E-state index in [0.29, 0.717) is 36.1 Å². The van der Waals surface area contributed by atoms with E-state index in [-0.39, 0.29) is 11.8 Å². The van der Waals surface area contributed by atoms with Crippen LogP contribution >= 0.6 is 22.9 Å². The summed E-state index contributed by atoms with van der Waals surface area (Å²) in [4.78, 5) is 16.9. The van der Waals surface area contributed by atoms with Crippen LogP contribution < -0.4 is 5.32 Å². The van der Waals surface area contributed by atoms with Crippen LogP contribution in [0.1, 0.15) is 18.4 Å². The maximum absolute atomic E-state index is 12.4. The Morgan fingerprint density at radius 3 is 2.62 bits per heavy atom. The number of hydrogen-bond donors (Lipinski definition) is 1. The fourth-order valence-corrected chi connectivity index (χ4v) is 4.91. The van der Waals surface area contributed by atoms with E-state index in [9.17, 15) is 13.2 Å². The molecule has 0 unspecified atom stereocenters. The molecule has 9 heteroatoms. The van der Waals surface area contributed by atoms with Gasteiger partial charge >= 0.3 is 0 Å². The van der Waals surface area contributed by atoms with Crippen LogP contribution in [0.25, 0.3) is 10.2 Å². The summed E-state index contributed by atoms with van der Waals surface area (Å²) >= 11 is 7.54. The van der Waals surface area contributed by atoms with E-state index in [4.69, 9.17) is 11.6 Å². The number of hydrogen-bond acceptors (Lipinski definition) is 5. The number of carbonyl (C=O) groups excluding carboxylic acids is 1. The van der Waals surface area contributed by atoms with E-state index in [1.54, 1.807) is 0 Å². The lowest BCUT2D eigenvalue weighted by Gasteiger charge is -2.29. The Labute approximate surface area is 149 Å². The van der Waals surface area contributed by atoms with Crippen LogP contribution in [0.2, 0.25) is 5.02 Å². The van der Waals surface area contributed by atoms with Crippen LogP contribution in [-0.4, -0.2) is 43.0 Å². The summed E-state index contributed by atoms with van der Waals surface area (Å²) in [6.07, 6.45) is 2.23. The zero-order valence-electron chi connectivity index (χ0n) is 13.4. The summed E-state index contributed by atoms with van der Waals surface area (Å²) in [6, 6.07) is 3.72. The van der Waals surface area contributed by atoms with E-state index in [1.165, 1.54) is 21.9 Å². The molecule has 2 heterocycles. The first-order valence-corrected chi connectivity index (χ1v) is 10.6. The van der Waals surface area contributed by atoms with E-state index in [1.807, 2.05) is 19.1 Å². The maximum atomic E-state index is 12.4. The normalized spacial score (nSPS) is 17.3. The molecule has 0 aliphatic carbocycles. The zero-order valence-corrected chi connectivity index (χ0v) is 15.8. The summed E-state index contributed by atoms with van der Waals surface area (Å²) in [7, 11) is -3.18. The van der Waals surface area contributed by atoms with Gasteiger partial charge in [-0.1, -0.05) is 29.0 Å². The Kier molecular flexibility index (Phi) is 4.83. The van der Waals surface area contributed by atoms with Gasteiger partial charge in [-0.2, -0.15) is 0 Å². The number of aromatic nitrogens is 1. The molecule has 1 aliphatic heterocycles. The molecule has 3 rings (SSSR count). The van der Waals surface area contributed by atoms with Crippen molar-refractivity contribution in [2.24, 2.45) is 5.92 Å². The van der Waals surface area contributed by atoms with Crippen molar-refractivity contribution >= 4 is 54.2 Å². The Balaban J connectivity index is 1.70.